The third-order valence-electron chi connectivity index (χ3n) is 3.27. The van der Waals surface area contributed by atoms with Crippen LogP contribution < -0.4 is 5.43 Å². The summed E-state index contributed by atoms with van der Waals surface area (Å²) in [6.45, 7) is -0.397. The average Bonchev–Trinajstić information content (AvgIpc) is 2.58. The molecule has 1 amide bonds. The monoisotopic (exact) mass is 477 g/mol. The van der Waals surface area contributed by atoms with Crippen LogP contribution in [-0.2, 0) is 14.8 Å². The maximum absolute atomic E-state index is 12.4. The summed E-state index contributed by atoms with van der Waals surface area (Å²) < 4.78 is 26.5. The Morgan fingerprint density at radius 3 is 2.35 bits per heavy atom. The van der Waals surface area contributed by atoms with E-state index >= 15 is 0 Å². The number of rotatable bonds is 6. The zero-order valence-electron chi connectivity index (χ0n) is 13.5. The van der Waals surface area contributed by atoms with Gasteiger partial charge < -0.3 is 0 Å². The van der Waals surface area contributed by atoms with Crippen LogP contribution in [0.2, 0.25) is 10.0 Å². The van der Waals surface area contributed by atoms with Crippen molar-refractivity contribution in [2.24, 2.45) is 5.10 Å². The Balaban J connectivity index is 2.01. The zero-order valence-corrected chi connectivity index (χ0v) is 17.4. The lowest BCUT2D eigenvalue weighted by Crippen LogP contribution is -2.36. The molecule has 2 aromatic carbocycles. The van der Waals surface area contributed by atoms with Crippen LogP contribution in [0.15, 0.2) is 56.9 Å². The molecule has 0 aliphatic heterocycles. The fourth-order valence-electron chi connectivity index (χ4n) is 1.91. The van der Waals surface area contributed by atoms with E-state index in [0.29, 0.717) is 15.6 Å². The van der Waals surface area contributed by atoms with Crippen molar-refractivity contribution in [1.29, 1.82) is 0 Å². The predicted molar refractivity (Wildman–Crippen MR) is 106 cm³/mol. The van der Waals surface area contributed by atoms with Gasteiger partial charge in [0.05, 0.1) is 27.7 Å². The molecule has 0 unspecified atom stereocenters. The highest BCUT2D eigenvalue weighted by Gasteiger charge is 2.22. The molecule has 0 atom stereocenters. The van der Waals surface area contributed by atoms with Gasteiger partial charge in [-0.25, -0.2) is 13.8 Å². The number of benzene rings is 2. The van der Waals surface area contributed by atoms with Gasteiger partial charge in [-0.05, 0) is 36.4 Å². The topological polar surface area (TPSA) is 78.8 Å². The Hall–Kier alpha value is -1.45. The lowest BCUT2D eigenvalue weighted by Gasteiger charge is -2.16. The third kappa shape index (κ3) is 5.28. The number of hydrogen-bond donors (Lipinski definition) is 1. The van der Waals surface area contributed by atoms with E-state index < -0.39 is 22.5 Å². The molecule has 0 saturated carbocycles. The number of carbonyl (C=O) groups is 1. The molecule has 10 heteroatoms. The molecule has 2 aromatic rings. The maximum Gasteiger partial charge on any atom is 0.255 e. The number of sulfonamides is 1. The van der Waals surface area contributed by atoms with E-state index in [9.17, 15) is 13.2 Å². The zero-order chi connectivity index (χ0) is 19.3. The highest BCUT2D eigenvalue weighted by Crippen LogP contribution is 2.22. The van der Waals surface area contributed by atoms with Crippen LogP contribution in [0.5, 0.6) is 0 Å². The van der Waals surface area contributed by atoms with E-state index in [1.54, 1.807) is 30.3 Å². The van der Waals surface area contributed by atoms with E-state index in [1.165, 1.54) is 25.4 Å². The van der Waals surface area contributed by atoms with Crippen LogP contribution in [0.3, 0.4) is 0 Å². The smallest absolute Gasteiger partial charge is 0.255 e. The van der Waals surface area contributed by atoms with Crippen molar-refractivity contribution >= 4 is 61.3 Å². The molecule has 0 aromatic heterocycles. The lowest BCUT2D eigenvalue weighted by atomic mass is 10.2. The van der Waals surface area contributed by atoms with E-state index in [-0.39, 0.29) is 4.90 Å². The Bertz CT molecular complexity index is 914. The van der Waals surface area contributed by atoms with Gasteiger partial charge in [0.25, 0.3) is 5.91 Å². The summed E-state index contributed by atoms with van der Waals surface area (Å²) in [6.07, 6.45) is 1.30. The molecule has 26 heavy (non-hydrogen) atoms. The van der Waals surface area contributed by atoms with Gasteiger partial charge in [-0.15, -0.1) is 0 Å². The van der Waals surface area contributed by atoms with Crippen LogP contribution in [0.4, 0.5) is 0 Å². The van der Waals surface area contributed by atoms with Gasteiger partial charge >= 0.3 is 0 Å². The average molecular weight is 479 g/mol. The summed E-state index contributed by atoms with van der Waals surface area (Å²) in [4.78, 5) is 12.0. The van der Waals surface area contributed by atoms with Gasteiger partial charge in [-0.2, -0.15) is 9.41 Å². The van der Waals surface area contributed by atoms with Gasteiger partial charge in [0.1, 0.15) is 0 Å². The second-order valence-electron chi connectivity index (χ2n) is 5.14. The largest absolute Gasteiger partial charge is 0.272 e. The van der Waals surface area contributed by atoms with Gasteiger partial charge in [0.15, 0.2) is 0 Å². The summed E-state index contributed by atoms with van der Waals surface area (Å²) in [7, 11) is -2.47. The van der Waals surface area contributed by atoms with Gasteiger partial charge in [0, 0.05) is 17.1 Å². The Kier molecular flexibility index (Phi) is 7.19. The highest BCUT2D eigenvalue weighted by molar-refractivity contribution is 9.10. The van der Waals surface area contributed by atoms with Crippen LogP contribution in [0.25, 0.3) is 0 Å². The van der Waals surface area contributed by atoms with Crippen molar-refractivity contribution in [2.75, 3.05) is 13.6 Å². The predicted octanol–water partition coefficient (Wildman–Crippen LogP) is 3.53. The Morgan fingerprint density at radius 2 is 1.77 bits per heavy atom. The molecular weight excluding hydrogens is 465 g/mol. The molecule has 0 saturated heterocycles. The van der Waals surface area contributed by atoms with Gasteiger partial charge in [0.2, 0.25) is 10.0 Å². The van der Waals surface area contributed by atoms with Crippen molar-refractivity contribution in [3.8, 4) is 0 Å². The normalized spacial score (nSPS) is 11.9. The molecule has 0 bridgehead atoms. The van der Waals surface area contributed by atoms with Crippen LogP contribution in [0.1, 0.15) is 5.56 Å². The van der Waals surface area contributed by atoms with Gasteiger partial charge in [-0.1, -0.05) is 45.2 Å². The molecule has 0 spiro atoms. The number of carbonyl (C=O) groups excluding carboxylic acids is 1. The summed E-state index contributed by atoms with van der Waals surface area (Å²) in [5.41, 5.74) is 2.70. The number of nitrogens with one attached hydrogen (secondary N) is 1. The molecule has 0 heterocycles. The molecule has 0 aliphatic carbocycles. The van der Waals surface area contributed by atoms with Gasteiger partial charge in [-0.3, -0.25) is 4.79 Å². The van der Waals surface area contributed by atoms with E-state index in [2.05, 4.69) is 26.5 Å². The number of amides is 1. The number of hydrogen-bond acceptors (Lipinski definition) is 4. The molecule has 6 nitrogen and oxygen atoms in total. The molecule has 0 aliphatic rings. The molecule has 2 rings (SSSR count). The molecular formula is C16H14BrCl2N3O3S. The number of halogens is 3. The van der Waals surface area contributed by atoms with Crippen molar-refractivity contribution in [1.82, 2.24) is 9.73 Å². The van der Waals surface area contributed by atoms with E-state index in [1.807, 2.05) is 0 Å². The van der Waals surface area contributed by atoms with Crippen molar-refractivity contribution < 1.29 is 13.2 Å². The maximum atomic E-state index is 12.4. The SMILES string of the molecule is CN(CC(=O)N/N=C\c1c(Cl)cccc1Cl)S(=O)(=O)c1ccc(Br)cc1. The van der Waals surface area contributed by atoms with Crippen LogP contribution in [0, 0.1) is 0 Å². The Morgan fingerprint density at radius 1 is 1.19 bits per heavy atom. The minimum Gasteiger partial charge on any atom is -0.272 e. The van der Waals surface area contributed by atoms with E-state index in [4.69, 9.17) is 23.2 Å². The number of hydrazone groups is 1. The van der Waals surface area contributed by atoms with Crippen molar-refractivity contribution in [2.45, 2.75) is 4.90 Å². The minimum absolute atomic E-state index is 0.0855. The van der Waals surface area contributed by atoms with E-state index in [0.717, 1.165) is 8.78 Å². The molecule has 0 fully saturated rings. The first kappa shape index (κ1) is 20.9. The lowest BCUT2D eigenvalue weighted by molar-refractivity contribution is -0.121. The van der Waals surface area contributed by atoms with Crippen LogP contribution >= 0.6 is 39.1 Å². The molecule has 0 radical (unpaired) electrons. The first-order valence-electron chi connectivity index (χ1n) is 7.19. The first-order chi connectivity index (χ1) is 12.2. The van der Waals surface area contributed by atoms with Crippen molar-refractivity contribution in [3.05, 3.63) is 62.5 Å². The first-order valence-corrected chi connectivity index (χ1v) is 10.2. The Labute approximate surface area is 170 Å². The summed E-state index contributed by atoms with van der Waals surface area (Å²) >= 11 is 15.2. The number of likely N-dealkylation sites (N-methyl/N-ethyl adjacent to an activating group) is 1. The molecule has 1 N–H and O–H groups in total. The second-order valence-corrected chi connectivity index (χ2v) is 8.92. The molecule has 138 valence electrons. The highest BCUT2D eigenvalue weighted by atomic mass is 79.9. The minimum atomic E-state index is -3.78. The third-order valence-corrected chi connectivity index (χ3v) is 6.28. The fourth-order valence-corrected chi connectivity index (χ4v) is 3.80. The summed E-state index contributed by atoms with van der Waals surface area (Å²) in [5, 5.41) is 4.52. The standard InChI is InChI=1S/C16H14BrCl2N3O3S/c1-22(26(24,25)12-7-5-11(17)6-8-12)10-16(23)21-20-9-13-14(18)3-2-4-15(13)19/h2-9H,10H2,1H3,(H,21,23)/b20-9-. The van der Waals surface area contributed by atoms with Crippen molar-refractivity contribution in [3.63, 3.8) is 0 Å². The summed E-state index contributed by atoms with van der Waals surface area (Å²) in [6, 6.07) is 11.1. The fraction of sp³-hybridized carbons (Fsp3) is 0.125. The quantitative estimate of drug-likeness (QED) is 0.509. The summed E-state index contributed by atoms with van der Waals surface area (Å²) in [5.74, 6) is -0.604. The second kappa shape index (κ2) is 8.96. The van der Waals surface area contributed by atoms with Crippen LogP contribution in [-0.4, -0.2) is 38.4 Å². The number of nitrogens with zero attached hydrogens (tertiary/aromatic N) is 2.